The van der Waals surface area contributed by atoms with E-state index in [2.05, 4.69) is 51.7 Å². The van der Waals surface area contributed by atoms with E-state index in [4.69, 9.17) is 4.74 Å². The fourth-order valence-corrected chi connectivity index (χ4v) is 5.76. The summed E-state index contributed by atoms with van der Waals surface area (Å²) in [5.41, 5.74) is 9.72. The number of halogens is 3. The lowest BCUT2D eigenvalue weighted by Crippen LogP contribution is -2.49. The van der Waals surface area contributed by atoms with Crippen molar-refractivity contribution >= 4 is 28.9 Å². The van der Waals surface area contributed by atoms with E-state index in [0.717, 1.165) is 29.7 Å². The summed E-state index contributed by atoms with van der Waals surface area (Å²) in [6.07, 6.45) is 1.08. The topological polar surface area (TPSA) is 93.5 Å². The zero-order valence-electron chi connectivity index (χ0n) is 22.6. The van der Waals surface area contributed by atoms with Crippen molar-refractivity contribution in [3.05, 3.63) is 72.3 Å². The largest absolute Gasteiger partial charge is 0.573 e. The Hall–Kier alpha value is -3.39. The molecule has 2 aromatic carbocycles. The molecular formula is C28H31F3N6O3S. The molecule has 2 aliphatic rings. The van der Waals surface area contributed by atoms with Crippen LogP contribution in [0.4, 0.5) is 18.9 Å². The summed E-state index contributed by atoms with van der Waals surface area (Å²) in [6, 6.07) is 13.4. The molecule has 0 spiro atoms. The third-order valence-electron chi connectivity index (χ3n) is 6.78. The summed E-state index contributed by atoms with van der Waals surface area (Å²) in [5, 5.41) is 4.48. The fraction of sp³-hybridized carbons (Fsp3) is 0.393. The molecule has 1 amide bonds. The lowest BCUT2D eigenvalue weighted by molar-refractivity contribution is -0.274. The van der Waals surface area contributed by atoms with E-state index in [1.165, 1.54) is 47.0 Å². The minimum atomic E-state index is -4.74. The second-order valence-corrected chi connectivity index (χ2v) is 11.0. The molecule has 2 atom stereocenters. The van der Waals surface area contributed by atoms with Crippen LogP contribution in [0.5, 0.6) is 5.75 Å². The van der Waals surface area contributed by atoms with E-state index < -0.39 is 6.36 Å². The predicted octanol–water partition coefficient (Wildman–Crippen LogP) is 5.36. The van der Waals surface area contributed by atoms with E-state index in [-0.39, 0.29) is 30.0 Å². The van der Waals surface area contributed by atoms with Crippen LogP contribution >= 0.6 is 11.8 Å². The molecule has 1 aliphatic carbocycles. The van der Waals surface area contributed by atoms with Crippen LogP contribution in [0, 0.1) is 0 Å². The number of para-hydroxylation sites is 1. The summed E-state index contributed by atoms with van der Waals surface area (Å²) in [4.78, 5) is 18.9. The monoisotopic (exact) mass is 588 g/mol. The van der Waals surface area contributed by atoms with Gasteiger partial charge in [0.05, 0.1) is 17.5 Å². The second kappa shape index (κ2) is 12.6. The maximum atomic E-state index is 12.7. The first-order chi connectivity index (χ1) is 19.7. The molecule has 3 aromatic rings. The van der Waals surface area contributed by atoms with Crippen LogP contribution in [0.3, 0.4) is 0 Å². The number of nitrogens with zero attached hydrogens (tertiary/aromatic N) is 4. The molecule has 0 saturated carbocycles. The third-order valence-corrected chi connectivity index (χ3v) is 7.84. The number of ether oxygens (including phenoxy) is 2. The molecule has 9 nitrogen and oxygen atoms in total. The van der Waals surface area contributed by atoms with Gasteiger partial charge in [0.25, 0.3) is 0 Å². The molecule has 41 heavy (non-hydrogen) atoms. The van der Waals surface area contributed by atoms with E-state index in [0.29, 0.717) is 29.6 Å². The smallest absolute Gasteiger partial charge is 0.406 e. The maximum Gasteiger partial charge on any atom is 0.573 e. The fourth-order valence-electron chi connectivity index (χ4n) is 4.78. The van der Waals surface area contributed by atoms with Crippen molar-refractivity contribution < 1.29 is 27.4 Å². The van der Waals surface area contributed by atoms with Crippen molar-refractivity contribution in [2.24, 2.45) is 0 Å². The van der Waals surface area contributed by atoms with Crippen LogP contribution in [-0.2, 0) is 9.53 Å². The lowest BCUT2D eigenvalue weighted by Gasteiger charge is -2.28. The molecule has 2 heterocycles. The number of nitrogens with one attached hydrogen (secondary N) is 2. The quantitative estimate of drug-likeness (QED) is 0.186. The number of aromatic nitrogens is 3. The lowest BCUT2D eigenvalue weighted by atomic mass is 9.97. The molecular weight excluding hydrogens is 557 g/mol. The minimum absolute atomic E-state index is 0.0203. The summed E-state index contributed by atoms with van der Waals surface area (Å²) >= 11 is 1.53. The number of alkyl halides is 3. The molecule has 1 aliphatic heterocycles. The van der Waals surface area contributed by atoms with E-state index in [1.54, 1.807) is 4.90 Å². The van der Waals surface area contributed by atoms with Gasteiger partial charge in [0.1, 0.15) is 24.3 Å². The number of carbonyl (C=O) groups is 1. The van der Waals surface area contributed by atoms with Gasteiger partial charge in [-0.1, -0.05) is 38.1 Å². The average Bonchev–Trinajstić information content (AvgIpc) is 3.58. The number of carbonyl (C=O) groups excluding carboxylic acids is 1. The normalized spacial score (nSPS) is 19.6. The van der Waals surface area contributed by atoms with Crippen LogP contribution < -0.4 is 20.5 Å². The predicted molar refractivity (Wildman–Crippen MR) is 150 cm³/mol. The zero-order valence-corrected chi connectivity index (χ0v) is 23.4. The molecule has 1 aromatic heterocycles. The first kappa shape index (κ1) is 29.1. The number of hydrazine groups is 1. The van der Waals surface area contributed by atoms with Crippen molar-refractivity contribution in [3.8, 4) is 11.4 Å². The van der Waals surface area contributed by atoms with Gasteiger partial charge in [-0.25, -0.2) is 20.5 Å². The highest BCUT2D eigenvalue weighted by atomic mass is 32.2. The first-order valence-electron chi connectivity index (χ1n) is 13.3. The highest BCUT2D eigenvalue weighted by Gasteiger charge is 2.34. The molecule has 0 bridgehead atoms. The van der Waals surface area contributed by atoms with Gasteiger partial charge in [-0.15, -0.1) is 30.0 Å². The van der Waals surface area contributed by atoms with Gasteiger partial charge >= 0.3 is 6.36 Å². The Balaban J connectivity index is 1.10. The minimum Gasteiger partial charge on any atom is -0.406 e. The van der Waals surface area contributed by atoms with Gasteiger partial charge < -0.3 is 9.47 Å². The van der Waals surface area contributed by atoms with Crippen LogP contribution in [0.15, 0.2) is 60.9 Å². The van der Waals surface area contributed by atoms with Gasteiger partial charge in [0.2, 0.25) is 5.91 Å². The SMILES string of the molecule is CC(C)c1ccccc1N1C(=O)CSC1NNCOC1CC=C(c2ncn(-c3ccc(OC(F)(F)F)cc3)n2)CC1. The molecule has 1 saturated heterocycles. The van der Waals surface area contributed by atoms with Crippen molar-refractivity contribution in [3.63, 3.8) is 0 Å². The van der Waals surface area contributed by atoms with Crippen molar-refractivity contribution in [2.75, 3.05) is 17.4 Å². The van der Waals surface area contributed by atoms with Crippen LogP contribution in [0.25, 0.3) is 11.3 Å². The van der Waals surface area contributed by atoms with Crippen molar-refractivity contribution in [1.82, 2.24) is 25.6 Å². The summed E-state index contributed by atoms with van der Waals surface area (Å²) in [6.45, 7) is 4.51. The summed E-state index contributed by atoms with van der Waals surface area (Å²) < 4.78 is 48.6. The standard InChI is InChI=1S/C28H31F3N6O3S/c1-18(2)23-5-3-4-6-24(23)37-25(38)15-41-27(37)34-33-17-39-21-11-7-19(8-12-21)26-32-16-36(35-26)20-9-13-22(14-10-20)40-28(29,30)31/h3-7,9-10,13-14,16,18,21,27,33-34H,8,11-12,15,17H2,1-2H3. The van der Waals surface area contributed by atoms with Crippen molar-refractivity contribution in [2.45, 2.75) is 57.0 Å². The van der Waals surface area contributed by atoms with E-state index in [9.17, 15) is 18.0 Å². The number of hydrogen-bond acceptors (Lipinski definition) is 8. The molecule has 5 rings (SSSR count). The Morgan fingerprint density at radius 1 is 1.15 bits per heavy atom. The molecule has 218 valence electrons. The number of hydrogen-bond donors (Lipinski definition) is 2. The number of benzene rings is 2. The Morgan fingerprint density at radius 3 is 2.63 bits per heavy atom. The molecule has 0 radical (unpaired) electrons. The summed E-state index contributed by atoms with van der Waals surface area (Å²) in [7, 11) is 0. The zero-order chi connectivity index (χ0) is 29.0. The van der Waals surface area contributed by atoms with Gasteiger partial charge in [0.15, 0.2) is 5.82 Å². The Kier molecular flexibility index (Phi) is 8.97. The highest BCUT2D eigenvalue weighted by molar-refractivity contribution is 8.01. The van der Waals surface area contributed by atoms with Crippen LogP contribution in [0.2, 0.25) is 0 Å². The van der Waals surface area contributed by atoms with E-state index >= 15 is 0 Å². The maximum absolute atomic E-state index is 12.7. The molecule has 2 unspecified atom stereocenters. The summed E-state index contributed by atoms with van der Waals surface area (Å²) in [5.74, 6) is 1.05. The number of anilines is 1. The number of allylic oxidation sites excluding steroid dienone is 1. The second-order valence-electron chi connectivity index (χ2n) is 9.95. The van der Waals surface area contributed by atoms with Crippen LogP contribution in [-0.4, -0.2) is 51.1 Å². The van der Waals surface area contributed by atoms with Gasteiger partial charge in [-0.2, -0.15) is 0 Å². The molecule has 2 N–H and O–H groups in total. The van der Waals surface area contributed by atoms with Crippen molar-refractivity contribution in [1.29, 1.82) is 0 Å². The van der Waals surface area contributed by atoms with Gasteiger partial charge in [-0.05, 0) is 66.6 Å². The average molecular weight is 589 g/mol. The number of rotatable bonds is 10. The number of thioether (sulfide) groups is 1. The Bertz CT molecular complexity index is 1380. The van der Waals surface area contributed by atoms with Crippen LogP contribution in [0.1, 0.15) is 50.4 Å². The Morgan fingerprint density at radius 2 is 1.93 bits per heavy atom. The first-order valence-corrected chi connectivity index (χ1v) is 14.3. The molecule has 13 heteroatoms. The van der Waals surface area contributed by atoms with E-state index in [1.807, 2.05) is 18.2 Å². The molecule has 1 fully saturated rings. The third kappa shape index (κ3) is 7.28. The highest BCUT2D eigenvalue weighted by Crippen LogP contribution is 2.34. The Labute approximate surface area is 240 Å². The number of amides is 1. The van der Waals surface area contributed by atoms with Gasteiger partial charge in [-0.3, -0.25) is 9.69 Å². The van der Waals surface area contributed by atoms with Gasteiger partial charge in [0, 0.05) is 5.69 Å².